The predicted octanol–water partition coefficient (Wildman–Crippen LogP) is 2.38. The van der Waals surface area contributed by atoms with E-state index in [4.69, 9.17) is 11.6 Å². The van der Waals surface area contributed by atoms with Crippen LogP contribution in [0.3, 0.4) is 0 Å². The Morgan fingerprint density at radius 3 is 2.70 bits per heavy atom. The standard InChI is InChI=1S/C14H18ClN3O2/c1-9(19)17-12-6-5-10(8-11(12)15)18-14(20)13-4-2-3-7-16-13/h5-6,8,13,16H,2-4,7H2,1H3,(H,17,19)(H,18,20)/t13-/m1/s1. The Bertz CT molecular complexity index is 513. The molecular weight excluding hydrogens is 278 g/mol. The predicted molar refractivity (Wildman–Crippen MR) is 80.0 cm³/mol. The van der Waals surface area contributed by atoms with Crippen molar-refractivity contribution in [3.8, 4) is 0 Å². The van der Waals surface area contributed by atoms with Gasteiger partial charge >= 0.3 is 0 Å². The number of carbonyl (C=O) groups excluding carboxylic acids is 2. The first kappa shape index (κ1) is 14.8. The van der Waals surface area contributed by atoms with Gasteiger partial charge in [0.1, 0.15) is 0 Å². The summed E-state index contributed by atoms with van der Waals surface area (Å²) in [5.74, 6) is -0.233. The van der Waals surface area contributed by atoms with Crippen LogP contribution in [-0.2, 0) is 9.59 Å². The van der Waals surface area contributed by atoms with E-state index in [9.17, 15) is 9.59 Å². The summed E-state index contributed by atoms with van der Waals surface area (Å²) in [6.45, 7) is 2.29. The van der Waals surface area contributed by atoms with Crippen LogP contribution in [-0.4, -0.2) is 24.4 Å². The molecule has 1 fully saturated rings. The molecule has 2 rings (SSSR count). The monoisotopic (exact) mass is 295 g/mol. The molecule has 1 saturated heterocycles. The zero-order valence-corrected chi connectivity index (χ0v) is 12.1. The lowest BCUT2D eigenvalue weighted by Crippen LogP contribution is -2.43. The topological polar surface area (TPSA) is 70.2 Å². The van der Waals surface area contributed by atoms with Crippen LogP contribution >= 0.6 is 11.6 Å². The Morgan fingerprint density at radius 1 is 1.30 bits per heavy atom. The van der Waals surface area contributed by atoms with Crippen molar-refractivity contribution < 1.29 is 9.59 Å². The molecule has 3 N–H and O–H groups in total. The first-order valence-electron chi connectivity index (χ1n) is 6.67. The van der Waals surface area contributed by atoms with E-state index in [2.05, 4.69) is 16.0 Å². The third-order valence-corrected chi connectivity index (χ3v) is 3.49. The Kier molecular flexibility index (Phi) is 4.98. The van der Waals surface area contributed by atoms with Gasteiger partial charge < -0.3 is 16.0 Å². The van der Waals surface area contributed by atoms with Gasteiger partial charge in [-0.05, 0) is 37.6 Å². The molecule has 0 aliphatic carbocycles. The molecule has 1 aromatic rings. The van der Waals surface area contributed by atoms with E-state index in [1.165, 1.54) is 6.92 Å². The van der Waals surface area contributed by atoms with Crippen LogP contribution in [0.2, 0.25) is 5.02 Å². The molecule has 0 radical (unpaired) electrons. The number of benzene rings is 1. The van der Waals surface area contributed by atoms with Crippen molar-refractivity contribution in [1.29, 1.82) is 0 Å². The average Bonchev–Trinajstić information content (AvgIpc) is 2.42. The highest BCUT2D eigenvalue weighted by Gasteiger charge is 2.20. The van der Waals surface area contributed by atoms with E-state index in [-0.39, 0.29) is 17.9 Å². The first-order valence-corrected chi connectivity index (χ1v) is 7.05. The number of amides is 2. The molecule has 2 amide bonds. The van der Waals surface area contributed by atoms with Crippen molar-refractivity contribution in [2.75, 3.05) is 17.2 Å². The van der Waals surface area contributed by atoms with Gasteiger partial charge in [0, 0.05) is 12.6 Å². The van der Waals surface area contributed by atoms with Crippen molar-refractivity contribution in [3.05, 3.63) is 23.2 Å². The molecule has 1 aromatic carbocycles. The van der Waals surface area contributed by atoms with Crippen LogP contribution in [0.5, 0.6) is 0 Å². The third kappa shape index (κ3) is 3.95. The molecular formula is C14H18ClN3O2. The van der Waals surface area contributed by atoms with Gasteiger partial charge in [0.15, 0.2) is 0 Å². The second-order valence-electron chi connectivity index (χ2n) is 4.87. The van der Waals surface area contributed by atoms with Crippen molar-refractivity contribution >= 4 is 34.8 Å². The first-order chi connectivity index (χ1) is 9.56. The van der Waals surface area contributed by atoms with Crippen molar-refractivity contribution in [2.45, 2.75) is 32.2 Å². The summed E-state index contributed by atoms with van der Waals surface area (Å²) in [5, 5.41) is 9.04. The summed E-state index contributed by atoms with van der Waals surface area (Å²) >= 11 is 6.06. The lowest BCUT2D eigenvalue weighted by molar-refractivity contribution is -0.118. The van der Waals surface area contributed by atoms with Gasteiger partial charge in [-0.1, -0.05) is 18.0 Å². The summed E-state index contributed by atoms with van der Waals surface area (Å²) in [4.78, 5) is 23.0. The van der Waals surface area contributed by atoms with Crippen LogP contribution in [0.25, 0.3) is 0 Å². The van der Waals surface area contributed by atoms with E-state index in [0.29, 0.717) is 16.4 Å². The van der Waals surface area contributed by atoms with E-state index < -0.39 is 0 Å². The van der Waals surface area contributed by atoms with Crippen LogP contribution in [0.4, 0.5) is 11.4 Å². The normalized spacial score (nSPS) is 18.4. The molecule has 1 aliphatic rings. The minimum atomic E-state index is -0.185. The lowest BCUT2D eigenvalue weighted by atomic mass is 10.0. The number of carbonyl (C=O) groups is 2. The van der Waals surface area contributed by atoms with E-state index >= 15 is 0 Å². The fraction of sp³-hybridized carbons (Fsp3) is 0.429. The van der Waals surface area contributed by atoms with Gasteiger partial charge in [-0.15, -0.1) is 0 Å². The van der Waals surface area contributed by atoms with Crippen LogP contribution in [0.15, 0.2) is 18.2 Å². The Balaban J connectivity index is 2.00. The van der Waals surface area contributed by atoms with Gasteiger partial charge in [-0.3, -0.25) is 9.59 Å². The summed E-state index contributed by atoms with van der Waals surface area (Å²) in [6.07, 6.45) is 3.03. The maximum Gasteiger partial charge on any atom is 0.241 e. The lowest BCUT2D eigenvalue weighted by Gasteiger charge is -2.22. The van der Waals surface area contributed by atoms with Crippen molar-refractivity contribution in [1.82, 2.24) is 5.32 Å². The fourth-order valence-corrected chi connectivity index (χ4v) is 2.42. The number of hydrogen-bond acceptors (Lipinski definition) is 3. The van der Waals surface area contributed by atoms with Crippen LogP contribution in [0.1, 0.15) is 26.2 Å². The number of rotatable bonds is 3. The molecule has 0 unspecified atom stereocenters. The average molecular weight is 296 g/mol. The molecule has 108 valence electrons. The van der Waals surface area contributed by atoms with Gasteiger partial charge in [-0.2, -0.15) is 0 Å². The van der Waals surface area contributed by atoms with Crippen LogP contribution in [0, 0.1) is 0 Å². The quantitative estimate of drug-likeness (QED) is 0.802. The largest absolute Gasteiger partial charge is 0.325 e. The minimum absolute atomic E-state index is 0.0481. The molecule has 1 atom stereocenters. The maximum absolute atomic E-state index is 12.1. The molecule has 1 heterocycles. The Morgan fingerprint density at radius 2 is 2.10 bits per heavy atom. The molecule has 0 aromatic heterocycles. The van der Waals surface area contributed by atoms with E-state index in [1.807, 2.05) is 0 Å². The molecule has 5 nitrogen and oxygen atoms in total. The molecule has 0 spiro atoms. The number of piperidine rings is 1. The third-order valence-electron chi connectivity index (χ3n) is 3.17. The van der Waals surface area contributed by atoms with Gasteiger partial charge in [0.05, 0.1) is 16.8 Å². The highest BCUT2D eigenvalue weighted by Crippen LogP contribution is 2.25. The van der Waals surface area contributed by atoms with E-state index in [0.717, 1.165) is 25.8 Å². The molecule has 1 aliphatic heterocycles. The van der Waals surface area contributed by atoms with E-state index in [1.54, 1.807) is 18.2 Å². The molecule has 6 heteroatoms. The fourth-order valence-electron chi connectivity index (χ4n) is 2.19. The van der Waals surface area contributed by atoms with Gasteiger partial charge in [0.25, 0.3) is 0 Å². The van der Waals surface area contributed by atoms with Gasteiger partial charge in [0.2, 0.25) is 11.8 Å². The number of halogens is 1. The summed E-state index contributed by atoms with van der Waals surface area (Å²) in [6, 6.07) is 4.89. The molecule has 0 saturated carbocycles. The van der Waals surface area contributed by atoms with Crippen LogP contribution < -0.4 is 16.0 Å². The summed E-state index contributed by atoms with van der Waals surface area (Å²) in [5.41, 5.74) is 1.16. The number of anilines is 2. The smallest absolute Gasteiger partial charge is 0.241 e. The SMILES string of the molecule is CC(=O)Nc1ccc(NC(=O)[C@H]2CCCCN2)cc1Cl. The highest BCUT2D eigenvalue weighted by atomic mass is 35.5. The molecule has 0 bridgehead atoms. The highest BCUT2D eigenvalue weighted by molar-refractivity contribution is 6.34. The summed E-state index contributed by atoms with van der Waals surface area (Å²) < 4.78 is 0. The number of hydrogen-bond donors (Lipinski definition) is 3. The number of nitrogens with one attached hydrogen (secondary N) is 3. The molecule has 20 heavy (non-hydrogen) atoms. The minimum Gasteiger partial charge on any atom is -0.325 e. The zero-order chi connectivity index (χ0) is 14.5. The second-order valence-corrected chi connectivity index (χ2v) is 5.27. The second kappa shape index (κ2) is 6.72. The zero-order valence-electron chi connectivity index (χ0n) is 11.3. The maximum atomic E-state index is 12.1. The Labute approximate surface area is 123 Å². The van der Waals surface area contributed by atoms with Crippen molar-refractivity contribution in [3.63, 3.8) is 0 Å². The van der Waals surface area contributed by atoms with Crippen molar-refractivity contribution in [2.24, 2.45) is 0 Å². The van der Waals surface area contributed by atoms with Gasteiger partial charge in [-0.25, -0.2) is 0 Å². The summed E-state index contributed by atoms with van der Waals surface area (Å²) in [7, 11) is 0. The Hall–Kier alpha value is -1.59.